The number of nitrogens with one attached hydrogen (secondary N) is 2. The highest BCUT2D eigenvalue weighted by Gasteiger charge is 2.29. The fourth-order valence-electron chi connectivity index (χ4n) is 3.55. The average molecular weight is 493 g/mol. The monoisotopic (exact) mass is 492 g/mol. The molecule has 0 aliphatic heterocycles. The molecule has 0 spiro atoms. The minimum atomic E-state index is -0.853. The Kier molecular flexibility index (Phi) is 8.69. The molecule has 2 amide bonds. The number of rotatable bonds is 9. The van der Waals surface area contributed by atoms with Crippen molar-refractivity contribution < 1.29 is 14.5 Å². The van der Waals surface area contributed by atoms with E-state index in [0.29, 0.717) is 5.56 Å². The van der Waals surface area contributed by atoms with Crippen molar-refractivity contribution in [2.75, 3.05) is 0 Å². The molecule has 0 aliphatic carbocycles. The van der Waals surface area contributed by atoms with Gasteiger partial charge < -0.3 is 5.32 Å². The zero-order chi connectivity index (χ0) is 25.4. The number of nitro benzene ring substituents is 1. The van der Waals surface area contributed by atoms with Crippen LogP contribution in [0, 0.1) is 16.0 Å². The van der Waals surface area contributed by atoms with Crippen LogP contribution in [0.5, 0.6) is 0 Å². The van der Waals surface area contributed by atoms with Gasteiger partial charge in [-0.1, -0.05) is 92.2 Å². The molecule has 0 aliphatic rings. The van der Waals surface area contributed by atoms with Gasteiger partial charge in [0, 0.05) is 11.6 Å². The van der Waals surface area contributed by atoms with Crippen LogP contribution >= 0.6 is 11.6 Å². The molecule has 3 rings (SSSR count). The summed E-state index contributed by atoms with van der Waals surface area (Å²) in [5.41, 5.74) is 4.15. The molecule has 0 bridgehead atoms. The Morgan fingerprint density at radius 1 is 0.943 bits per heavy atom. The molecule has 1 atom stereocenters. The normalized spacial score (nSPS) is 12.0. The highest BCUT2D eigenvalue weighted by Crippen LogP contribution is 2.26. The summed E-state index contributed by atoms with van der Waals surface area (Å²) in [6, 6.07) is 22.0. The largest absolute Gasteiger partial charge is 0.343 e. The van der Waals surface area contributed by atoms with E-state index in [-0.39, 0.29) is 22.5 Å². The van der Waals surface area contributed by atoms with Crippen LogP contribution < -0.4 is 10.7 Å². The molecule has 35 heavy (non-hydrogen) atoms. The molecule has 0 saturated heterocycles. The molecule has 180 valence electrons. The fraction of sp³-hybridized carbons (Fsp3) is 0.192. The molecule has 3 aromatic carbocycles. The number of hydrogen-bond donors (Lipinski definition) is 2. The quantitative estimate of drug-likeness (QED) is 0.256. The lowest BCUT2D eigenvalue weighted by Gasteiger charge is -2.24. The van der Waals surface area contributed by atoms with Crippen LogP contribution in [-0.4, -0.2) is 29.0 Å². The minimum Gasteiger partial charge on any atom is -0.343 e. The lowest BCUT2D eigenvalue weighted by molar-refractivity contribution is -0.384. The van der Waals surface area contributed by atoms with Gasteiger partial charge in [-0.05, 0) is 23.1 Å². The van der Waals surface area contributed by atoms with E-state index < -0.39 is 22.8 Å². The number of hydrogen-bond acceptors (Lipinski definition) is 5. The van der Waals surface area contributed by atoms with Gasteiger partial charge in [0.15, 0.2) is 0 Å². The van der Waals surface area contributed by atoms with E-state index in [4.69, 9.17) is 11.6 Å². The number of nitro groups is 1. The van der Waals surface area contributed by atoms with E-state index in [1.165, 1.54) is 24.4 Å². The third kappa shape index (κ3) is 6.74. The van der Waals surface area contributed by atoms with Gasteiger partial charge in [0.05, 0.1) is 17.1 Å². The van der Waals surface area contributed by atoms with Crippen LogP contribution in [0.25, 0.3) is 0 Å². The number of halogens is 1. The van der Waals surface area contributed by atoms with Crippen molar-refractivity contribution in [1.29, 1.82) is 0 Å². The van der Waals surface area contributed by atoms with Gasteiger partial charge in [-0.2, -0.15) is 5.10 Å². The fourth-order valence-corrected chi connectivity index (χ4v) is 3.73. The van der Waals surface area contributed by atoms with Crippen LogP contribution in [0.4, 0.5) is 5.69 Å². The molecule has 0 saturated carbocycles. The Morgan fingerprint density at radius 3 is 2.03 bits per heavy atom. The first-order valence-electron chi connectivity index (χ1n) is 10.9. The minimum absolute atomic E-state index is 0.00477. The molecule has 0 aromatic heterocycles. The van der Waals surface area contributed by atoms with Crippen molar-refractivity contribution in [3.8, 4) is 0 Å². The maximum absolute atomic E-state index is 13.4. The van der Waals surface area contributed by atoms with E-state index in [0.717, 1.165) is 11.1 Å². The number of nitrogens with zero attached hydrogens (tertiary/aromatic N) is 2. The van der Waals surface area contributed by atoms with Crippen molar-refractivity contribution in [3.05, 3.63) is 111 Å². The van der Waals surface area contributed by atoms with Gasteiger partial charge in [-0.15, -0.1) is 0 Å². The van der Waals surface area contributed by atoms with Crippen molar-refractivity contribution in [2.24, 2.45) is 11.0 Å². The van der Waals surface area contributed by atoms with Crippen molar-refractivity contribution in [2.45, 2.75) is 25.8 Å². The highest BCUT2D eigenvalue weighted by molar-refractivity contribution is 6.32. The predicted octanol–water partition coefficient (Wildman–Crippen LogP) is 4.67. The molecular formula is C26H25ClN4O4. The van der Waals surface area contributed by atoms with Gasteiger partial charge in [0.25, 0.3) is 11.6 Å². The summed E-state index contributed by atoms with van der Waals surface area (Å²) < 4.78 is 0. The Balaban J connectivity index is 1.75. The zero-order valence-electron chi connectivity index (χ0n) is 19.2. The summed E-state index contributed by atoms with van der Waals surface area (Å²) in [6.45, 7) is 3.63. The Labute approximate surface area is 208 Å². The van der Waals surface area contributed by atoms with Crippen LogP contribution in [0.2, 0.25) is 5.02 Å². The second-order valence-corrected chi connectivity index (χ2v) is 8.59. The van der Waals surface area contributed by atoms with Gasteiger partial charge in [0.2, 0.25) is 5.91 Å². The SMILES string of the molecule is CC(C)[C@H](NC(=O)C(c1ccccc1)c1ccccc1)C(=O)N/N=C\c1ccc(Cl)c([N+](=O)[O-])c1. The van der Waals surface area contributed by atoms with E-state index in [9.17, 15) is 19.7 Å². The Bertz CT molecular complexity index is 1180. The summed E-state index contributed by atoms with van der Waals surface area (Å²) >= 11 is 5.82. The van der Waals surface area contributed by atoms with Crippen LogP contribution in [0.15, 0.2) is 84.0 Å². The van der Waals surface area contributed by atoms with Crippen LogP contribution in [0.1, 0.15) is 36.5 Å². The zero-order valence-corrected chi connectivity index (χ0v) is 20.0. The second kappa shape index (κ2) is 11.9. The Hall–Kier alpha value is -4.04. The smallest absolute Gasteiger partial charge is 0.288 e. The maximum atomic E-state index is 13.4. The number of hydrazone groups is 1. The van der Waals surface area contributed by atoms with Crippen LogP contribution in [-0.2, 0) is 9.59 Å². The molecule has 9 heteroatoms. The number of amides is 2. The van der Waals surface area contributed by atoms with Crippen molar-refractivity contribution in [3.63, 3.8) is 0 Å². The number of carbonyl (C=O) groups excluding carboxylic acids is 2. The van der Waals surface area contributed by atoms with Gasteiger partial charge in [-0.25, -0.2) is 5.43 Å². The van der Waals surface area contributed by atoms with E-state index in [1.807, 2.05) is 74.5 Å². The second-order valence-electron chi connectivity index (χ2n) is 8.19. The van der Waals surface area contributed by atoms with Gasteiger partial charge >= 0.3 is 0 Å². The number of carbonyl (C=O) groups is 2. The lowest BCUT2D eigenvalue weighted by atomic mass is 9.89. The van der Waals surface area contributed by atoms with Crippen molar-refractivity contribution in [1.82, 2.24) is 10.7 Å². The first-order valence-corrected chi connectivity index (χ1v) is 11.3. The summed E-state index contributed by atoms with van der Waals surface area (Å²) in [5, 5.41) is 17.8. The van der Waals surface area contributed by atoms with Gasteiger partial charge in [0.1, 0.15) is 11.1 Å². The first-order chi connectivity index (χ1) is 16.8. The maximum Gasteiger partial charge on any atom is 0.288 e. The standard InChI is InChI=1S/C26H25ClN4O4/c1-17(2)24(26(33)30-28-16-18-13-14-21(27)22(15-18)31(34)35)29-25(32)23(19-9-5-3-6-10-19)20-11-7-4-8-12-20/h3-17,23-24H,1-2H3,(H,29,32)(H,30,33)/b28-16-/t24-/m0/s1. The third-order valence-corrected chi connectivity index (χ3v) is 5.65. The van der Waals surface area contributed by atoms with E-state index >= 15 is 0 Å². The van der Waals surface area contributed by atoms with Crippen LogP contribution in [0.3, 0.4) is 0 Å². The summed E-state index contributed by atoms with van der Waals surface area (Å²) in [7, 11) is 0. The predicted molar refractivity (Wildman–Crippen MR) is 135 cm³/mol. The van der Waals surface area contributed by atoms with Crippen molar-refractivity contribution >= 4 is 35.3 Å². The molecule has 8 nitrogen and oxygen atoms in total. The molecule has 0 heterocycles. The average Bonchev–Trinajstić information content (AvgIpc) is 2.84. The Morgan fingerprint density at radius 2 is 1.51 bits per heavy atom. The topological polar surface area (TPSA) is 114 Å². The first kappa shape index (κ1) is 25.6. The third-order valence-electron chi connectivity index (χ3n) is 5.33. The highest BCUT2D eigenvalue weighted by atomic mass is 35.5. The molecule has 2 N–H and O–H groups in total. The summed E-state index contributed by atoms with van der Waals surface area (Å²) in [6.07, 6.45) is 1.27. The van der Waals surface area contributed by atoms with E-state index in [1.54, 1.807) is 0 Å². The number of benzene rings is 3. The molecular weight excluding hydrogens is 468 g/mol. The van der Waals surface area contributed by atoms with E-state index in [2.05, 4.69) is 15.8 Å². The molecule has 0 radical (unpaired) electrons. The molecule has 0 unspecified atom stereocenters. The molecule has 3 aromatic rings. The lowest BCUT2D eigenvalue weighted by Crippen LogP contribution is -2.50. The molecule has 0 fully saturated rings. The summed E-state index contributed by atoms with van der Waals surface area (Å²) in [5.74, 6) is -1.64. The van der Waals surface area contributed by atoms with Gasteiger partial charge in [-0.3, -0.25) is 19.7 Å². The summed E-state index contributed by atoms with van der Waals surface area (Å²) in [4.78, 5) is 36.7.